The van der Waals surface area contributed by atoms with Crippen molar-refractivity contribution < 1.29 is 13.5 Å². The zero-order chi connectivity index (χ0) is 17.2. The maximum Gasteiger partial charge on any atom is 0.282 e. The fraction of sp³-hybridized carbons (Fsp3) is 1.00. The summed E-state index contributed by atoms with van der Waals surface area (Å²) >= 11 is 0. The van der Waals surface area contributed by atoms with Crippen LogP contribution in [0.5, 0.6) is 0 Å². The van der Waals surface area contributed by atoms with Crippen LogP contribution in [0.1, 0.15) is 40.5 Å². The van der Waals surface area contributed by atoms with Gasteiger partial charge in [-0.3, -0.25) is 4.90 Å². The third-order valence-corrected chi connectivity index (χ3v) is 6.96. The lowest BCUT2D eigenvalue weighted by molar-refractivity contribution is 0.0586. The molecule has 0 saturated carbocycles. The molecule has 136 valence electrons. The second-order valence-corrected chi connectivity index (χ2v) is 9.46. The molecule has 0 aliphatic carbocycles. The number of nitrogens with zero attached hydrogens (tertiary/aromatic N) is 3. The molecule has 0 amide bonds. The molecule has 7 heteroatoms. The maximum atomic E-state index is 13.0. The molecule has 0 aromatic heterocycles. The van der Waals surface area contributed by atoms with Gasteiger partial charge in [0.25, 0.3) is 10.2 Å². The zero-order valence-corrected chi connectivity index (χ0v) is 15.8. The first kappa shape index (κ1) is 19.1. The van der Waals surface area contributed by atoms with E-state index in [4.69, 9.17) is 0 Å². The molecule has 2 aliphatic rings. The quantitative estimate of drug-likeness (QED) is 0.805. The van der Waals surface area contributed by atoms with Gasteiger partial charge in [0.1, 0.15) is 0 Å². The Bertz CT molecular complexity index is 473. The number of hydrogen-bond donors (Lipinski definition) is 1. The molecule has 2 saturated heterocycles. The van der Waals surface area contributed by atoms with E-state index in [1.807, 2.05) is 0 Å². The number of aliphatic hydroxyl groups is 1. The van der Waals surface area contributed by atoms with Gasteiger partial charge in [-0.1, -0.05) is 20.8 Å². The smallest absolute Gasteiger partial charge is 0.282 e. The number of rotatable bonds is 5. The summed E-state index contributed by atoms with van der Waals surface area (Å²) in [5, 5.41) is 9.62. The minimum Gasteiger partial charge on any atom is -0.392 e. The van der Waals surface area contributed by atoms with Crippen LogP contribution in [0, 0.1) is 11.8 Å². The zero-order valence-electron chi connectivity index (χ0n) is 15.0. The second kappa shape index (κ2) is 7.78. The van der Waals surface area contributed by atoms with E-state index in [1.54, 1.807) is 15.5 Å². The van der Waals surface area contributed by atoms with Crippen molar-refractivity contribution in [3.8, 4) is 0 Å². The monoisotopic (exact) mass is 347 g/mol. The number of piperidine rings is 1. The summed E-state index contributed by atoms with van der Waals surface area (Å²) in [7, 11) is -3.37. The Morgan fingerprint density at radius 1 is 1.09 bits per heavy atom. The first-order valence-corrected chi connectivity index (χ1v) is 10.3. The van der Waals surface area contributed by atoms with Crippen LogP contribution in [0.25, 0.3) is 0 Å². The molecule has 6 nitrogen and oxygen atoms in total. The average Bonchev–Trinajstić information content (AvgIpc) is 2.45. The summed E-state index contributed by atoms with van der Waals surface area (Å²) in [5.74, 6) is 0.846. The first-order chi connectivity index (χ1) is 10.7. The number of piperazine rings is 1. The molecular formula is C16H33N3O3S. The van der Waals surface area contributed by atoms with Crippen molar-refractivity contribution in [1.82, 2.24) is 13.5 Å². The summed E-state index contributed by atoms with van der Waals surface area (Å²) in [5.41, 5.74) is 0. The molecular weight excluding hydrogens is 314 g/mol. The third-order valence-electron chi connectivity index (χ3n) is 5.03. The SMILES string of the molecule is CC[C@@H]1CN(S(=O)(=O)N2C[C@H](C)C[C@@H](C)C2)CCN1C[C@H](C)O. The van der Waals surface area contributed by atoms with Gasteiger partial charge in [-0.15, -0.1) is 0 Å². The highest BCUT2D eigenvalue weighted by Gasteiger charge is 2.38. The van der Waals surface area contributed by atoms with Crippen LogP contribution in [0.4, 0.5) is 0 Å². The Kier molecular flexibility index (Phi) is 6.47. The molecule has 0 aromatic carbocycles. The highest BCUT2D eigenvalue weighted by atomic mass is 32.2. The average molecular weight is 348 g/mol. The van der Waals surface area contributed by atoms with Gasteiger partial charge < -0.3 is 5.11 Å². The van der Waals surface area contributed by atoms with Gasteiger partial charge in [0, 0.05) is 45.3 Å². The molecule has 2 heterocycles. The molecule has 2 fully saturated rings. The van der Waals surface area contributed by atoms with Crippen LogP contribution >= 0.6 is 0 Å². The van der Waals surface area contributed by atoms with Crippen LogP contribution in [0.3, 0.4) is 0 Å². The third kappa shape index (κ3) is 4.66. The topological polar surface area (TPSA) is 64.1 Å². The first-order valence-electron chi connectivity index (χ1n) is 8.91. The fourth-order valence-electron chi connectivity index (χ4n) is 4.00. The highest BCUT2D eigenvalue weighted by molar-refractivity contribution is 7.86. The van der Waals surface area contributed by atoms with Gasteiger partial charge in [-0.25, -0.2) is 0 Å². The standard InChI is InChI=1S/C16H33N3O3S/c1-5-16-12-18(7-6-17(16)11-15(4)20)23(21,22)19-9-13(2)8-14(3)10-19/h13-16,20H,5-12H2,1-4H3/t13-,14-,15+,16-/m1/s1. The molecule has 23 heavy (non-hydrogen) atoms. The van der Waals surface area contributed by atoms with Crippen LogP contribution < -0.4 is 0 Å². The summed E-state index contributed by atoms with van der Waals surface area (Å²) in [4.78, 5) is 2.22. The highest BCUT2D eigenvalue weighted by Crippen LogP contribution is 2.26. The molecule has 0 aromatic rings. The van der Waals surface area contributed by atoms with Crippen molar-refractivity contribution in [2.45, 2.75) is 52.7 Å². The van der Waals surface area contributed by atoms with Crippen LogP contribution in [0.15, 0.2) is 0 Å². The molecule has 2 aliphatic heterocycles. The lowest BCUT2D eigenvalue weighted by Gasteiger charge is -2.44. The minimum atomic E-state index is -3.37. The van der Waals surface area contributed by atoms with Crippen molar-refractivity contribution >= 4 is 10.2 Å². The normalized spacial score (nSPS) is 33.7. The Morgan fingerprint density at radius 3 is 2.22 bits per heavy atom. The fourth-order valence-corrected chi connectivity index (χ4v) is 5.88. The van der Waals surface area contributed by atoms with Crippen LogP contribution in [-0.2, 0) is 10.2 Å². The van der Waals surface area contributed by atoms with E-state index < -0.39 is 10.2 Å². The van der Waals surface area contributed by atoms with E-state index in [-0.39, 0.29) is 12.1 Å². The van der Waals surface area contributed by atoms with Gasteiger partial charge in [0.15, 0.2) is 0 Å². The van der Waals surface area contributed by atoms with E-state index in [2.05, 4.69) is 25.7 Å². The van der Waals surface area contributed by atoms with Gasteiger partial charge in [0.2, 0.25) is 0 Å². The van der Waals surface area contributed by atoms with E-state index >= 15 is 0 Å². The van der Waals surface area contributed by atoms with Crippen molar-refractivity contribution in [2.24, 2.45) is 11.8 Å². The second-order valence-electron chi connectivity index (χ2n) is 7.53. The molecule has 0 bridgehead atoms. The summed E-state index contributed by atoms with van der Waals surface area (Å²) < 4.78 is 29.4. The number of aliphatic hydroxyl groups excluding tert-OH is 1. The number of β-amino-alcohol motifs (C(OH)–C–C–N with tert-alkyl or cyclic N) is 1. The Hall–Kier alpha value is -0.210. The molecule has 2 rings (SSSR count). The van der Waals surface area contributed by atoms with Gasteiger partial charge >= 0.3 is 0 Å². The summed E-state index contributed by atoms with van der Waals surface area (Å²) in [6.45, 7) is 11.8. The van der Waals surface area contributed by atoms with Crippen molar-refractivity contribution in [1.29, 1.82) is 0 Å². The molecule has 0 spiro atoms. The molecule has 0 unspecified atom stereocenters. The Labute approximate surface area is 141 Å². The minimum absolute atomic E-state index is 0.188. The molecule has 4 atom stereocenters. The van der Waals surface area contributed by atoms with Gasteiger partial charge in [0.05, 0.1) is 6.10 Å². The van der Waals surface area contributed by atoms with Crippen molar-refractivity contribution in [2.75, 3.05) is 39.3 Å². The van der Waals surface area contributed by atoms with E-state index in [0.29, 0.717) is 51.1 Å². The van der Waals surface area contributed by atoms with Crippen LogP contribution in [-0.4, -0.2) is 78.4 Å². The Morgan fingerprint density at radius 2 is 1.70 bits per heavy atom. The largest absolute Gasteiger partial charge is 0.392 e. The maximum absolute atomic E-state index is 13.0. The van der Waals surface area contributed by atoms with Gasteiger partial charge in [-0.2, -0.15) is 17.0 Å². The van der Waals surface area contributed by atoms with Crippen molar-refractivity contribution in [3.05, 3.63) is 0 Å². The van der Waals surface area contributed by atoms with E-state index in [9.17, 15) is 13.5 Å². The number of hydrogen-bond acceptors (Lipinski definition) is 4. The van der Waals surface area contributed by atoms with Crippen LogP contribution in [0.2, 0.25) is 0 Å². The Balaban J connectivity index is 2.06. The molecule has 0 radical (unpaired) electrons. The van der Waals surface area contributed by atoms with E-state index in [1.165, 1.54) is 0 Å². The van der Waals surface area contributed by atoms with Crippen molar-refractivity contribution in [3.63, 3.8) is 0 Å². The lowest BCUT2D eigenvalue weighted by Crippen LogP contribution is -2.59. The predicted molar refractivity (Wildman–Crippen MR) is 92.3 cm³/mol. The lowest BCUT2D eigenvalue weighted by atomic mass is 9.94. The van der Waals surface area contributed by atoms with E-state index in [0.717, 1.165) is 12.8 Å². The summed E-state index contributed by atoms with van der Waals surface area (Å²) in [6, 6.07) is 0.188. The molecule has 1 N–H and O–H groups in total. The van der Waals surface area contributed by atoms with Gasteiger partial charge in [-0.05, 0) is 31.6 Å². The summed E-state index contributed by atoms with van der Waals surface area (Å²) in [6.07, 6.45) is 1.62. The predicted octanol–water partition coefficient (Wildman–Crippen LogP) is 0.986.